The first kappa shape index (κ1) is 13.7. The van der Waals surface area contributed by atoms with Gasteiger partial charge in [0.25, 0.3) is 0 Å². The SMILES string of the molecule is Clc1c(Br)ccc(NC2CC3CC2C2CCCC32)c1Cl. The van der Waals surface area contributed by atoms with Gasteiger partial charge in [-0.25, -0.2) is 0 Å². The van der Waals surface area contributed by atoms with Crippen molar-refractivity contribution in [2.45, 2.75) is 38.1 Å². The maximum atomic E-state index is 6.37. The monoisotopic (exact) mass is 373 g/mol. The maximum absolute atomic E-state index is 6.37. The van der Waals surface area contributed by atoms with Crippen LogP contribution in [0.1, 0.15) is 32.1 Å². The molecular formula is C16H18BrCl2N. The summed E-state index contributed by atoms with van der Waals surface area (Å²) in [5.74, 6) is 3.80. The zero-order valence-electron chi connectivity index (χ0n) is 11.2. The predicted molar refractivity (Wildman–Crippen MR) is 88.6 cm³/mol. The minimum atomic E-state index is 0.592. The number of anilines is 1. The number of fused-ring (bicyclic) bond motifs is 5. The van der Waals surface area contributed by atoms with E-state index in [2.05, 4.69) is 21.2 Å². The standard InChI is InChI=1S/C16H18BrCl2N/c17-12-4-5-13(16(19)15(12)18)20-14-7-8-6-11(14)10-3-1-2-9(8)10/h4-5,8-11,14,20H,1-3,6-7H2. The lowest BCUT2D eigenvalue weighted by atomic mass is 9.79. The van der Waals surface area contributed by atoms with Crippen LogP contribution in [-0.2, 0) is 0 Å². The Bertz CT molecular complexity index is 548. The van der Waals surface area contributed by atoms with E-state index in [1.165, 1.54) is 32.1 Å². The Morgan fingerprint density at radius 1 is 1.00 bits per heavy atom. The van der Waals surface area contributed by atoms with Crippen LogP contribution in [-0.4, -0.2) is 6.04 Å². The molecule has 3 aliphatic rings. The van der Waals surface area contributed by atoms with Gasteiger partial charge in [-0.3, -0.25) is 0 Å². The minimum Gasteiger partial charge on any atom is -0.381 e. The molecule has 2 bridgehead atoms. The van der Waals surface area contributed by atoms with Gasteiger partial charge >= 0.3 is 0 Å². The van der Waals surface area contributed by atoms with Gasteiger partial charge in [0.05, 0.1) is 15.7 Å². The fourth-order valence-electron chi connectivity index (χ4n) is 5.07. The highest BCUT2D eigenvalue weighted by atomic mass is 79.9. The number of benzene rings is 1. The van der Waals surface area contributed by atoms with Crippen LogP contribution in [0, 0.1) is 23.7 Å². The van der Waals surface area contributed by atoms with Crippen LogP contribution in [0.5, 0.6) is 0 Å². The van der Waals surface area contributed by atoms with E-state index in [9.17, 15) is 0 Å². The Hall–Kier alpha value is 0.0800. The average molecular weight is 375 g/mol. The topological polar surface area (TPSA) is 12.0 Å². The van der Waals surface area contributed by atoms with Crippen LogP contribution in [0.4, 0.5) is 5.69 Å². The van der Waals surface area contributed by atoms with Crippen molar-refractivity contribution in [2.75, 3.05) is 5.32 Å². The largest absolute Gasteiger partial charge is 0.381 e. The molecule has 0 radical (unpaired) electrons. The van der Waals surface area contributed by atoms with Crippen molar-refractivity contribution in [1.29, 1.82) is 0 Å². The summed E-state index contributed by atoms with van der Waals surface area (Å²) >= 11 is 16.0. The van der Waals surface area contributed by atoms with E-state index in [1.54, 1.807) is 0 Å². The summed E-state index contributed by atoms with van der Waals surface area (Å²) in [6, 6.07) is 4.60. The molecule has 0 saturated heterocycles. The van der Waals surface area contributed by atoms with Crippen LogP contribution < -0.4 is 5.32 Å². The fourth-order valence-corrected chi connectivity index (χ4v) is 5.90. The highest BCUT2D eigenvalue weighted by molar-refractivity contribution is 9.10. The lowest BCUT2D eigenvalue weighted by Gasteiger charge is -2.33. The molecule has 1 nitrogen and oxygen atoms in total. The molecule has 0 heterocycles. The average Bonchev–Trinajstić information content (AvgIpc) is 3.11. The van der Waals surface area contributed by atoms with Crippen LogP contribution in [0.2, 0.25) is 10.0 Å². The van der Waals surface area contributed by atoms with Gasteiger partial charge in [0, 0.05) is 10.5 Å². The van der Waals surface area contributed by atoms with Gasteiger partial charge in [-0.1, -0.05) is 29.6 Å². The molecule has 1 aromatic carbocycles. The van der Waals surface area contributed by atoms with Gasteiger partial charge in [-0.15, -0.1) is 0 Å². The zero-order valence-corrected chi connectivity index (χ0v) is 14.3. The van der Waals surface area contributed by atoms with E-state index in [-0.39, 0.29) is 0 Å². The first-order chi connectivity index (χ1) is 9.65. The third-order valence-corrected chi connectivity index (χ3v) is 7.58. The Kier molecular flexibility index (Phi) is 3.48. The molecule has 3 fully saturated rings. The molecule has 0 aliphatic heterocycles. The molecule has 1 N–H and O–H groups in total. The lowest BCUT2D eigenvalue weighted by Crippen LogP contribution is -2.33. The van der Waals surface area contributed by atoms with Gasteiger partial charge in [-0.2, -0.15) is 0 Å². The van der Waals surface area contributed by atoms with E-state index in [0.29, 0.717) is 16.1 Å². The minimum absolute atomic E-state index is 0.592. The fraction of sp³-hybridized carbons (Fsp3) is 0.625. The molecule has 3 saturated carbocycles. The quantitative estimate of drug-likeness (QED) is 0.626. The highest BCUT2D eigenvalue weighted by Crippen LogP contribution is 2.59. The normalized spacial score (nSPS) is 38.2. The maximum Gasteiger partial charge on any atom is 0.0835 e. The van der Waals surface area contributed by atoms with Crippen molar-refractivity contribution in [3.63, 3.8) is 0 Å². The highest BCUT2D eigenvalue weighted by Gasteiger charge is 2.53. The second-order valence-corrected chi connectivity index (χ2v) is 8.24. The van der Waals surface area contributed by atoms with Crippen LogP contribution in [0.15, 0.2) is 16.6 Å². The first-order valence-corrected chi connectivity index (χ1v) is 9.10. The van der Waals surface area contributed by atoms with Gasteiger partial charge in [0.1, 0.15) is 0 Å². The summed E-state index contributed by atoms with van der Waals surface area (Å²) in [5.41, 5.74) is 0.993. The molecule has 4 heteroatoms. The van der Waals surface area contributed by atoms with Crippen LogP contribution in [0.25, 0.3) is 0 Å². The van der Waals surface area contributed by atoms with E-state index >= 15 is 0 Å². The third kappa shape index (κ3) is 2.02. The lowest BCUT2D eigenvalue weighted by molar-refractivity contribution is 0.243. The zero-order chi connectivity index (χ0) is 13.9. The van der Waals surface area contributed by atoms with Crippen molar-refractivity contribution >= 4 is 44.8 Å². The van der Waals surface area contributed by atoms with Gasteiger partial charge in [0.2, 0.25) is 0 Å². The number of halogens is 3. The van der Waals surface area contributed by atoms with Crippen molar-refractivity contribution in [2.24, 2.45) is 23.7 Å². The Morgan fingerprint density at radius 3 is 2.65 bits per heavy atom. The molecule has 1 aromatic rings. The Labute approximate surface area is 138 Å². The van der Waals surface area contributed by atoms with Crippen molar-refractivity contribution < 1.29 is 0 Å². The Balaban J connectivity index is 1.55. The molecular weight excluding hydrogens is 357 g/mol. The summed E-state index contributed by atoms with van der Waals surface area (Å²) < 4.78 is 0.860. The van der Waals surface area contributed by atoms with Crippen molar-refractivity contribution in [1.82, 2.24) is 0 Å². The van der Waals surface area contributed by atoms with Gasteiger partial charge in [-0.05, 0) is 77.4 Å². The number of hydrogen-bond acceptors (Lipinski definition) is 1. The second-order valence-electron chi connectivity index (χ2n) is 6.63. The molecule has 20 heavy (non-hydrogen) atoms. The van der Waals surface area contributed by atoms with Gasteiger partial charge in [0.15, 0.2) is 0 Å². The Morgan fingerprint density at radius 2 is 1.80 bits per heavy atom. The third-order valence-electron chi connectivity index (χ3n) is 5.80. The predicted octanol–water partition coefficient (Wildman–Crippen LogP) is 5.99. The molecule has 3 aliphatic carbocycles. The van der Waals surface area contributed by atoms with Crippen molar-refractivity contribution in [3.05, 3.63) is 26.7 Å². The number of rotatable bonds is 2. The molecule has 5 atom stereocenters. The molecule has 0 spiro atoms. The molecule has 0 aromatic heterocycles. The summed E-state index contributed by atoms with van der Waals surface area (Å²) in [6.07, 6.45) is 7.10. The van der Waals surface area contributed by atoms with E-state index < -0.39 is 0 Å². The second kappa shape index (κ2) is 5.07. The van der Waals surface area contributed by atoms with E-state index in [0.717, 1.165) is 33.8 Å². The first-order valence-electron chi connectivity index (χ1n) is 7.55. The van der Waals surface area contributed by atoms with Crippen LogP contribution in [0.3, 0.4) is 0 Å². The van der Waals surface area contributed by atoms with Crippen molar-refractivity contribution in [3.8, 4) is 0 Å². The molecule has 0 amide bonds. The summed E-state index contributed by atoms with van der Waals surface area (Å²) in [5, 5.41) is 4.94. The number of hydrogen-bond donors (Lipinski definition) is 1. The summed E-state index contributed by atoms with van der Waals surface area (Å²) in [4.78, 5) is 0. The van der Waals surface area contributed by atoms with Crippen LogP contribution >= 0.6 is 39.1 Å². The molecule has 108 valence electrons. The molecule has 5 unspecified atom stereocenters. The summed E-state index contributed by atoms with van der Waals surface area (Å²) in [7, 11) is 0. The number of nitrogens with one attached hydrogen (secondary N) is 1. The van der Waals surface area contributed by atoms with E-state index in [4.69, 9.17) is 23.2 Å². The molecule has 4 rings (SSSR count). The van der Waals surface area contributed by atoms with Gasteiger partial charge < -0.3 is 5.32 Å². The smallest absolute Gasteiger partial charge is 0.0835 e. The van der Waals surface area contributed by atoms with E-state index in [1.807, 2.05) is 12.1 Å². The summed E-state index contributed by atoms with van der Waals surface area (Å²) in [6.45, 7) is 0.